The molecule has 0 amide bonds. The Balaban J connectivity index is 1.50. The number of ether oxygens (including phenoxy) is 1. The van der Waals surface area contributed by atoms with E-state index >= 15 is 0 Å². The first kappa shape index (κ1) is 22.5. The third-order valence-electron chi connectivity index (χ3n) is 5.67. The topological polar surface area (TPSA) is 69.8 Å². The summed E-state index contributed by atoms with van der Waals surface area (Å²) in [6.45, 7) is 1.90. The molecule has 0 spiro atoms. The van der Waals surface area contributed by atoms with Gasteiger partial charge in [0.15, 0.2) is 0 Å². The van der Waals surface area contributed by atoms with Crippen LogP contribution in [0.25, 0.3) is 28.1 Å². The molecule has 178 valence electrons. The number of benzene rings is 2. The van der Waals surface area contributed by atoms with Gasteiger partial charge in [0.25, 0.3) is 0 Å². The number of nitrogens with one attached hydrogen (secondary N) is 1. The van der Waals surface area contributed by atoms with Gasteiger partial charge < -0.3 is 19.2 Å². The summed E-state index contributed by atoms with van der Waals surface area (Å²) in [5.74, 6) is 1.53. The molecule has 3 aromatic heterocycles. The van der Waals surface area contributed by atoms with E-state index in [2.05, 4.69) is 15.3 Å². The molecule has 0 unspecified atom stereocenters. The fourth-order valence-electron chi connectivity index (χ4n) is 3.92. The Morgan fingerprint density at radius 1 is 0.971 bits per heavy atom. The number of para-hydroxylation sites is 1. The number of anilines is 2. The van der Waals surface area contributed by atoms with Crippen LogP contribution < -0.4 is 10.1 Å². The highest BCUT2D eigenvalue weighted by Crippen LogP contribution is 2.33. The molecule has 0 radical (unpaired) electrons. The van der Waals surface area contributed by atoms with E-state index in [9.17, 15) is 13.2 Å². The molecule has 3 heterocycles. The molecule has 1 N–H and O–H groups in total. The molecule has 10 heteroatoms. The van der Waals surface area contributed by atoms with Gasteiger partial charge in [-0.25, -0.2) is 9.97 Å². The van der Waals surface area contributed by atoms with Crippen LogP contribution in [0.15, 0.2) is 67.1 Å². The lowest BCUT2D eigenvalue weighted by atomic mass is 10.1. The number of imidazole rings is 2. The normalized spacial score (nSPS) is 11.7. The molecule has 35 heavy (non-hydrogen) atoms. The Labute approximate surface area is 198 Å². The fraction of sp³-hybridized carbons (Fsp3) is 0.160. The van der Waals surface area contributed by atoms with Crippen molar-refractivity contribution in [3.05, 3.63) is 78.4 Å². The minimum absolute atomic E-state index is 0.422. The number of hydrogen-bond acceptors (Lipinski definition) is 5. The highest BCUT2D eigenvalue weighted by atomic mass is 19.4. The van der Waals surface area contributed by atoms with Crippen molar-refractivity contribution in [3.63, 3.8) is 0 Å². The van der Waals surface area contributed by atoms with Crippen molar-refractivity contribution < 1.29 is 17.9 Å². The first-order valence-corrected chi connectivity index (χ1v) is 10.7. The summed E-state index contributed by atoms with van der Waals surface area (Å²) in [6.07, 6.45) is -0.814. The second-order valence-electron chi connectivity index (χ2n) is 8.02. The summed E-state index contributed by atoms with van der Waals surface area (Å²) in [5.41, 5.74) is 3.71. The van der Waals surface area contributed by atoms with Gasteiger partial charge in [0.1, 0.15) is 22.8 Å². The molecule has 0 atom stereocenters. The maximum Gasteiger partial charge on any atom is 0.416 e. The van der Waals surface area contributed by atoms with Crippen molar-refractivity contribution in [2.45, 2.75) is 13.1 Å². The molecule has 2 aromatic carbocycles. The molecule has 0 aliphatic heterocycles. The zero-order valence-corrected chi connectivity index (χ0v) is 19.1. The van der Waals surface area contributed by atoms with Crippen molar-refractivity contribution in [1.29, 1.82) is 0 Å². The van der Waals surface area contributed by atoms with E-state index in [0.717, 1.165) is 29.0 Å². The molecule has 0 saturated heterocycles. The molecule has 5 aromatic rings. The van der Waals surface area contributed by atoms with Crippen LogP contribution in [-0.2, 0) is 13.2 Å². The quantitative estimate of drug-likeness (QED) is 0.341. The molecule has 0 bridgehead atoms. The van der Waals surface area contributed by atoms with Crippen LogP contribution >= 0.6 is 0 Å². The van der Waals surface area contributed by atoms with Gasteiger partial charge in [0.05, 0.1) is 35.9 Å². The van der Waals surface area contributed by atoms with E-state index in [1.165, 1.54) is 12.1 Å². The maximum absolute atomic E-state index is 13.0. The molecular weight excluding hydrogens is 457 g/mol. The summed E-state index contributed by atoms with van der Waals surface area (Å²) in [4.78, 5) is 13.5. The number of methoxy groups -OCH3 is 1. The van der Waals surface area contributed by atoms with E-state index in [1.807, 2.05) is 59.6 Å². The number of rotatable bonds is 5. The highest BCUT2D eigenvalue weighted by molar-refractivity contribution is 5.92. The summed E-state index contributed by atoms with van der Waals surface area (Å²) in [7, 11) is 3.38. The van der Waals surface area contributed by atoms with Crippen molar-refractivity contribution in [2.75, 3.05) is 12.4 Å². The number of nitrogens with zero attached hydrogens (tertiary/aromatic N) is 5. The lowest BCUT2D eigenvalue weighted by molar-refractivity contribution is -0.137. The number of aryl methyl sites for hydroxylation is 2. The van der Waals surface area contributed by atoms with Crippen molar-refractivity contribution in [1.82, 2.24) is 24.1 Å². The molecular formula is C25H21F3N6O. The van der Waals surface area contributed by atoms with Crippen molar-refractivity contribution in [2.24, 2.45) is 7.05 Å². The fourth-order valence-corrected chi connectivity index (χ4v) is 3.92. The lowest BCUT2D eigenvalue weighted by Gasteiger charge is -2.11. The van der Waals surface area contributed by atoms with E-state index in [0.29, 0.717) is 34.3 Å². The minimum atomic E-state index is -4.39. The standard InChI is InChI=1S/C25H21F3N6O/c1-15-13-34(14-29-15)20-11-12-21(31-24(20)35-3)30-18-5-4-6-19-22(18)32-23(33(19)2)16-7-9-17(10-8-16)25(26,27)28/h4-14H,1-3H3,(H,30,31). The van der Waals surface area contributed by atoms with Gasteiger partial charge in [-0.1, -0.05) is 18.2 Å². The average molecular weight is 478 g/mol. The summed E-state index contributed by atoms with van der Waals surface area (Å²) in [5, 5.41) is 3.29. The van der Waals surface area contributed by atoms with Crippen LogP contribution in [0.5, 0.6) is 5.88 Å². The Bertz CT molecular complexity index is 1520. The number of alkyl halides is 3. The van der Waals surface area contributed by atoms with Crippen LogP contribution in [0.2, 0.25) is 0 Å². The second-order valence-corrected chi connectivity index (χ2v) is 8.02. The lowest BCUT2D eigenvalue weighted by Crippen LogP contribution is -2.04. The van der Waals surface area contributed by atoms with Gasteiger partial charge in [0, 0.05) is 18.8 Å². The van der Waals surface area contributed by atoms with Gasteiger partial charge in [0.2, 0.25) is 5.88 Å². The van der Waals surface area contributed by atoms with E-state index in [1.54, 1.807) is 13.4 Å². The van der Waals surface area contributed by atoms with E-state index in [-0.39, 0.29) is 0 Å². The number of aromatic nitrogens is 5. The average Bonchev–Trinajstić information content (AvgIpc) is 3.42. The van der Waals surface area contributed by atoms with E-state index in [4.69, 9.17) is 9.72 Å². The zero-order valence-electron chi connectivity index (χ0n) is 19.1. The summed E-state index contributed by atoms with van der Waals surface area (Å²) >= 11 is 0. The predicted octanol–water partition coefficient (Wildman–Crippen LogP) is 5.90. The van der Waals surface area contributed by atoms with Crippen LogP contribution in [-0.4, -0.2) is 31.2 Å². The smallest absolute Gasteiger partial charge is 0.416 e. The molecule has 0 aliphatic rings. The minimum Gasteiger partial charge on any atom is -0.479 e. The monoisotopic (exact) mass is 478 g/mol. The van der Waals surface area contributed by atoms with Gasteiger partial charge in [-0.2, -0.15) is 18.2 Å². The zero-order chi connectivity index (χ0) is 24.7. The van der Waals surface area contributed by atoms with Crippen LogP contribution in [0.4, 0.5) is 24.7 Å². The first-order chi connectivity index (χ1) is 16.7. The Hall–Kier alpha value is -4.34. The Morgan fingerprint density at radius 2 is 1.74 bits per heavy atom. The largest absolute Gasteiger partial charge is 0.479 e. The van der Waals surface area contributed by atoms with Crippen LogP contribution in [0.1, 0.15) is 11.3 Å². The number of pyridine rings is 1. The van der Waals surface area contributed by atoms with Crippen molar-refractivity contribution >= 4 is 22.5 Å². The summed E-state index contributed by atoms with van der Waals surface area (Å²) in [6, 6.07) is 14.3. The van der Waals surface area contributed by atoms with Crippen LogP contribution in [0.3, 0.4) is 0 Å². The first-order valence-electron chi connectivity index (χ1n) is 10.7. The molecule has 0 saturated carbocycles. The van der Waals surface area contributed by atoms with Gasteiger partial charge in [-0.3, -0.25) is 0 Å². The Kier molecular flexibility index (Phi) is 5.43. The maximum atomic E-state index is 13.0. The number of halogens is 3. The number of hydrogen-bond donors (Lipinski definition) is 1. The SMILES string of the molecule is COc1nc(Nc2cccc3c2nc(-c2ccc(C(F)(F)F)cc2)n3C)ccc1-n1cnc(C)c1. The molecule has 0 aliphatic carbocycles. The van der Waals surface area contributed by atoms with Gasteiger partial charge in [-0.05, 0) is 43.3 Å². The van der Waals surface area contributed by atoms with E-state index < -0.39 is 11.7 Å². The molecule has 0 fully saturated rings. The molecule has 7 nitrogen and oxygen atoms in total. The third kappa shape index (κ3) is 4.18. The third-order valence-corrected chi connectivity index (χ3v) is 5.67. The van der Waals surface area contributed by atoms with Crippen molar-refractivity contribution in [3.8, 4) is 23.0 Å². The summed E-state index contributed by atoms with van der Waals surface area (Å²) < 4.78 is 48.0. The van der Waals surface area contributed by atoms with Gasteiger partial charge >= 0.3 is 6.18 Å². The second kappa shape index (κ2) is 8.46. The Morgan fingerprint density at radius 3 is 2.40 bits per heavy atom. The van der Waals surface area contributed by atoms with Crippen LogP contribution in [0, 0.1) is 6.92 Å². The predicted molar refractivity (Wildman–Crippen MR) is 127 cm³/mol. The highest BCUT2D eigenvalue weighted by Gasteiger charge is 2.30. The van der Waals surface area contributed by atoms with Gasteiger partial charge in [-0.15, -0.1) is 0 Å². The molecule has 5 rings (SSSR count). The number of fused-ring (bicyclic) bond motifs is 1.